The summed E-state index contributed by atoms with van der Waals surface area (Å²) in [6.07, 6.45) is 35.9. The number of amides is 1. The van der Waals surface area contributed by atoms with Gasteiger partial charge in [-0.15, -0.1) is 0 Å². The predicted octanol–water partition coefficient (Wildman–Crippen LogP) is 8.62. The molecule has 6 nitrogen and oxygen atoms in total. The van der Waals surface area contributed by atoms with Crippen LogP contribution in [-0.4, -0.2) is 57.3 Å². The number of carbonyl (C=O) groups is 1. The lowest BCUT2D eigenvalue weighted by Gasteiger charge is -2.27. The zero-order chi connectivity index (χ0) is 32.5. The van der Waals surface area contributed by atoms with Crippen LogP contribution < -0.4 is 5.32 Å². The van der Waals surface area contributed by atoms with Crippen molar-refractivity contribution in [2.45, 2.75) is 192 Å². The standard InChI is InChI=1S/C38H71NO5/c1-3-5-7-9-11-13-15-16-17-18-19-20-22-23-25-27-29-31-35(41)37(43)34(33-40)39-38(44)36(42)32-30-28-26-24-21-14-12-10-8-6-4-2/h13,15,18-19,23,25,34-37,40-43H,3-12,14,16-17,20-22,24,26-33H2,1-2H3,(H,39,44)/b15-13+,19-18+,25-23+. The maximum atomic E-state index is 12.4. The quantitative estimate of drug-likeness (QED) is 0.0382. The molecule has 0 aromatic heterocycles. The highest BCUT2D eigenvalue weighted by Crippen LogP contribution is 2.14. The van der Waals surface area contributed by atoms with Gasteiger partial charge in [0.15, 0.2) is 0 Å². The zero-order valence-corrected chi connectivity index (χ0v) is 28.6. The van der Waals surface area contributed by atoms with Crippen LogP contribution in [0.4, 0.5) is 0 Å². The Morgan fingerprint density at radius 2 is 0.955 bits per heavy atom. The molecule has 4 atom stereocenters. The highest BCUT2D eigenvalue weighted by Gasteiger charge is 2.28. The van der Waals surface area contributed by atoms with Crippen LogP contribution in [-0.2, 0) is 4.79 Å². The molecule has 0 aromatic rings. The van der Waals surface area contributed by atoms with Crippen molar-refractivity contribution in [2.75, 3.05) is 6.61 Å². The normalized spacial score (nSPS) is 15.0. The van der Waals surface area contributed by atoms with Crippen LogP contribution in [0.3, 0.4) is 0 Å². The van der Waals surface area contributed by atoms with E-state index in [9.17, 15) is 25.2 Å². The van der Waals surface area contributed by atoms with E-state index in [1.807, 2.05) is 0 Å². The van der Waals surface area contributed by atoms with E-state index in [0.717, 1.165) is 51.4 Å². The summed E-state index contributed by atoms with van der Waals surface area (Å²) in [5.74, 6) is -0.603. The Morgan fingerprint density at radius 1 is 0.545 bits per heavy atom. The average Bonchev–Trinajstić information content (AvgIpc) is 3.03. The summed E-state index contributed by atoms with van der Waals surface area (Å²) in [6.45, 7) is 3.97. The fourth-order valence-electron chi connectivity index (χ4n) is 5.32. The van der Waals surface area contributed by atoms with Gasteiger partial charge in [-0.1, -0.05) is 140 Å². The smallest absolute Gasteiger partial charge is 0.249 e. The second kappa shape index (κ2) is 32.9. The van der Waals surface area contributed by atoms with Crippen LogP contribution >= 0.6 is 0 Å². The molecule has 0 aromatic carbocycles. The summed E-state index contributed by atoms with van der Waals surface area (Å²) in [5, 5.41) is 43.3. The van der Waals surface area contributed by atoms with Gasteiger partial charge in [0.2, 0.25) is 5.91 Å². The van der Waals surface area contributed by atoms with E-state index in [-0.39, 0.29) is 0 Å². The molecule has 0 radical (unpaired) electrons. The SMILES string of the molecule is CCCCCC/C=C/CC/C=C/CC/C=C/CCCC(O)C(O)C(CO)NC(=O)C(O)CCCCCCCCCCCCC. The Hall–Kier alpha value is -1.47. The molecule has 0 spiro atoms. The molecule has 44 heavy (non-hydrogen) atoms. The molecule has 0 fully saturated rings. The summed E-state index contributed by atoms with van der Waals surface area (Å²) in [4.78, 5) is 12.4. The minimum absolute atomic E-state index is 0.359. The number of hydrogen-bond acceptors (Lipinski definition) is 5. The van der Waals surface area contributed by atoms with Gasteiger partial charge in [0, 0.05) is 0 Å². The maximum absolute atomic E-state index is 12.4. The van der Waals surface area contributed by atoms with Crippen molar-refractivity contribution < 1.29 is 25.2 Å². The lowest BCUT2D eigenvalue weighted by molar-refractivity contribution is -0.132. The maximum Gasteiger partial charge on any atom is 0.249 e. The number of unbranched alkanes of at least 4 members (excludes halogenated alkanes) is 17. The van der Waals surface area contributed by atoms with Crippen molar-refractivity contribution in [3.05, 3.63) is 36.5 Å². The van der Waals surface area contributed by atoms with Crippen molar-refractivity contribution in [2.24, 2.45) is 0 Å². The number of nitrogens with one attached hydrogen (secondary N) is 1. The summed E-state index contributed by atoms with van der Waals surface area (Å²) >= 11 is 0. The Balaban J connectivity index is 3.92. The van der Waals surface area contributed by atoms with E-state index >= 15 is 0 Å². The molecule has 258 valence electrons. The lowest BCUT2D eigenvalue weighted by Crippen LogP contribution is -2.53. The number of aliphatic hydroxyl groups excluding tert-OH is 4. The first-order valence-electron chi connectivity index (χ1n) is 18.4. The van der Waals surface area contributed by atoms with Crippen LogP contribution in [0.5, 0.6) is 0 Å². The van der Waals surface area contributed by atoms with E-state index in [2.05, 4.69) is 55.6 Å². The van der Waals surface area contributed by atoms with Crippen molar-refractivity contribution in [1.29, 1.82) is 0 Å². The number of rotatable bonds is 32. The zero-order valence-electron chi connectivity index (χ0n) is 28.6. The second-order valence-electron chi connectivity index (χ2n) is 12.5. The number of allylic oxidation sites excluding steroid dienone is 6. The van der Waals surface area contributed by atoms with Gasteiger partial charge in [0.1, 0.15) is 12.2 Å². The predicted molar refractivity (Wildman–Crippen MR) is 187 cm³/mol. The molecule has 0 aliphatic rings. The fourth-order valence-corrected chi connectivity index (χ4v) is 5.32. The molecule has 0 aliphatic carbocycles. The minimum atomic E-state index is -1.29. The van der Waals surface area contributed by atoms with Crippen LogP contribution in [0, 0.1) is 0 Å². The van der Waals surface area contributed by atoms with Crippen LogP contribution in [0.25, 0.3) is 0 Å². The van der Waals surface area contributed by atoms with Crippen LogP contribution in [0.15, 0.2) is 36.5 Å². The van der Waals surface area contributed by atoms with E-state index in [1.54, 1.807) is 0 Å². The third kappa shape index (κ3) is 26.9. The molecular weight excluding hydrogens is 550 g/mol. The first-order valence-corrected chi connectivity index (χ1v) is 18.4. The molecule has 6 heteroatoms. The number of carbonyl (C=O) groups excluding carboxylic acids is 1. The molecule has 0 saturated carbocycles. The molecule has 4 unspecified atom stereocenters. The molecular formula is C38H71NO5. The van der Waals surface area contributed by atoms with E-state index in [1.165, 1.54) is 83.5 Å². The van der Waals surface area contributed by atoms with Crippen molar-refractivity contribution >= 4 is 5.91 Å². The van der Waals surface area contributed by atoms with Gasteiger partial charge in [-0.05, 0) is 64.2 Å². The molecule has 0 rings (SSSR count). The summed E-state index contributed by atoms with van der Waals surface area (Å²) < 4.78 is 0. The Bertz CT molecular complexity index is 707. The molecule has 0 heterocycles. The molecule has 5 N–H and O–H groups in total. The molecule has 1 amide bonds. The van der Waals surface area contributed by atoms with E-state index < -0.39 is 36.9 Å². The van der Waals surface area contributed by atoms with Crippen molar-refractivity contribution in [1.82, 2.24) is 5.32 Å². The monoisotopic (exact) mass is 622 g/mol. The first kappa shape index (κ1) is 42.5. The molecule has 0 saturated heterocycles. The topological polar surface area (TPSA) is 110 Å². The van der Waals surface area contributed by atoms with Gasteiger partial charge >= 0.3 is 0 Å². The van der Waals surface area contributed by atoms with Gasteiger partial charge in [-0.25, -0.2) is 0 Å². The van der Waals surface area contributed by atoms with Gasteiger partial charge in [0.05, 0.1) is 18.8 Å². The minimum Gasteiger partial charge on any atom is -0.394 e. The Kier molecular flexibility index (Phi) is 31.8. The Labute approximate surface area is 271 Å². The van der Waals surface area contributed by atoms with E-state index in [4.69, 9.17) is 0 Å². The second-order valence-corrected chi connectivity index (χ2v) is 12.5. The first-order chi connectivity index (χ1) is 21.5. The third-order valence-electron chi connectivity index (χ3n) is 8.31. The van der Waals surface area contributed by atoms with Gasteiger partial charge in [-0.2, -0.15) is 0 Å². The highest BCUT2D eigenvalue weighted by molar-refractivity contribution is 5.80. The number of aliphatic hydroxyl groups is 4. The molecule has 0 bridgehead atoms. The largest absolute Gasteiger partial charge is 0.394 e. The molecule has 0 aliphatic heterocycles. The van der Waals surface area contributed by atoms with Crippen LogP contribution in [0.1, 0.15) is 168 Å². The lowest BCUT2D eigenvalue weighted by atomic mass is 10.00. The van der Waals surface area contributed by atoms with Crippen molar-refractivity contribution in [3.8, 4) is 0 Å². The van der Waals surface area contributed by atoms with Gasteiger partial charge in [-0.3, -0.25) is 4.79 Å². The fraction of sp³-hybridized carbons (Fsp3) is 0.816. The van der Waals surface area contributed by atoms with Gasteiger partial charge in [0.25, 0.3) is 0 Å². The highest BCUT2D eigenvalue weighted by atomic mass is 16.3. The van der Waals surface area contributed by atoms with Gasteiger partial charge < -0.3 is 25.7 Å². The summed E-state index contributed by atoms with van der Waals surface area (Å²) in [7, 11) is 0. The number of hydrogen-bond donors (Lipinski definition) is 5. The Morgan fingerprint density at radius 3 is 1.43 bits per heavy atom. The van der Waals surface area contributed by atoms with E-state index in [0.29, 0.717) is 19.3 Å². The summed E-state index contributed by atoms with van der Waals surface area (Å²) in [5.41, 5.74) is 0. The average molecular weight is 622 g/mol. The van der Waals surface area contributed by atoms with Crippen molar-refractivity contribution in [3.63, 3.8) is 0 Å². The van der Waals surface area contributed by atoms with Crippen LogP contribution in [0.2, 0.25) is 0 Å². The summed E-state index contributed by atoms with van der Waals surface area (Å²) in [6, 6.07) is -1.01. The third-order valence-corrected chi connectivity index (χ3v) is 8.31.